The number of rotatable bonds is 18. The summed E-state index contributed by atoms with van der Waals surface area (Å²) in [4.78, 5) is 89.5. The van der Waals surface area contributed by atoms with Gasteiger partial charge in [0, 0.05) is 67.4 Å². The second-order valence-electron chi connectivity index (χ2n) is 14.2. The Kier molecular flexibility index (Phi) is 36.0. The number of benzene rings is 3. The van der Waals surface area contributed by atoms with Crippen LogP contribution in [0.3, 0.4) is 0 Å². The van der Waals surface area contributed by atoms with Gasteiger partial charge in [-0.3, -0.25) is 28.8 Å². The zero-order valence-electron chi connectivity index (χ0n) is 42.5. The number of aryl methyl sites for hydroxylation is 2. The number of thiophene rings is 1. The molecule has 17 heteroatoms. The number of carbonyl (C=O) groups excluding carboxylic acids is 4. The number of nitrogens with one attached hydrogen (secondary N) is 4. The van der Waals surface area contributed by atoms with Crippen LogP contribution in [0.1, 0.15) is 125 Å². The fraction of sp³-hybridized carbons (Fsp3) is 0.357. The molecule has 0 aliphatic rings. The lowest BCUT2D eigenvalue weighted by molar-refractivity contribution is -0.138. The van der Waals surface area contributed by atoms with E-state index in [0.29, 0.717) is 22.1 Å². The Bertz CT molecular complexity index is 2450. The normalized spacial score (nSPS) is 10.2. The molecule has 16 nitrogen and oxygen atoms in total. The lowest BCUT2D eigenvalue weighted by atomic mass is 10.0. The third-order valence-corrected chi connectivity index (χ3v) is 10.0. The minimum Gasteiger partial charge on any atom is -0.481 e. The molecule has 0 saturated heterocycles. The average molecular weight is 1020 g/mol. The van der Waals surface area contributed by atoms with Crippen molar-refractivity contribution < 1.29 is 39.0 Å². The number of amides is 4. The van der Waals surface area contributed by atoms with Crippen LogP contribution in [0.4, 0.5) is 0 Å². The van der Waals surface area contributed by atoms with Crippen LogP contribution < -0.4 is 21.3 Å². The molecule has 0 saturated carbocycles. The van der Waals surface area contributed by atoms with Crippen LogP contribution in [0.25, 0.3) is 22.8 Å². The Hall–Kier alpha value is -7.66. The lowest BCUT2D eigenvalue weighted by Crippen LogP contribution is -2.48. The molecule has 3 heterocycles. The molecule has 6 rings (SSSR count). The van der Waals surface area contributed by atoms with E-state index in [1.54, 1.807) is 72.6 Å². The van der Waals surface area contributed by atoms with Crippen LogP contribution in [0.15, 0.2) is 121 Å². The predicted molar refractivity (Wildman–Crippen MR) is 294 cm³/mol. The first-order valence-electron chi connectivity index (χ1n) is 23.8. The van der Waals surface area contributed by atoms with E-state index in [4.69, 9.17) is 10.2 Å². The first-order valence-corrected chi connectivity index (χ1v) is 24.7. The molecular weight excluding hydrogens is 945 g/mol. The van der Waals surface area contributed by atoms with Crippen LogP contribution >= 0.6 is 11.3 Å². The van der Waals surface area contributed by atoms with Crippen molar-refractivity contribution in [2.75, 3.05) is 13.1 Å². The van der Waals surface area contributed by atoms with E-state index in [2.05, 4.69) is 41.2 Å². The fourth-order valence-electron chi connectivity index (χ4n) is 5.85. The van der Waals surface area contributed by atoms with Crippen molar-refractivity contribution in [2.24, 2.45) is 0 Å². The molecule has 6 N–H and O–H groups in total. The summed E-state index contributed by atoms with van der Waals surface area (Å²) < 4.78 is 0. The first kappa shape index (κ1) is 67.4. The molecule has 6 aromatic rings. The molecule has 4 amide bonds. The van der Waals surface area contributed by atoms with Crippen LogP contribution in [0, 0.1) is 13.8 Å². The molecule has 3 aromatic carbocycles. The van der Waals surface area contributed by atoms with Gasteiger partial charge in [0.2, 0.25) is 11.8 Å². The van der Waals surface area contributed by atoms with E-state index in [-0.39, 0.29) is 65.4 Å². The third kappa shape index (κ3) is 25.3. The van der Waals surface area contributed by atoms with Gasteiger partial charge in [0.25, 0.3) is 11.8 Å². The summed E-state index contributed by atoms with van der Waals surface area (Å²) in [6.07, 6.45) is 7.08. The summed E-state index contributed by atoms with van der Waals surface area (Å²) in [5.41, 5.74) is 5.71. The monoisotopic (exact) mass is 1020 g/mol. The molecule has 2 unspecified atom stereocenters. The molecule has 0 fully saturated rings. The highest BCUT2D eigenvalue weighted by molar-refractivity contribution is 7.12. The maximum absolute atomic E-state index is 12.7. The van der Waals surface area contributed by atoms with Gasteiger partial charge >= 0.3 is 11.9 Å². The number of hydrogen-bond donors (Lipinski definition) is 6. The smallest absolute Gasteiger partial charge is 0.305 e. The topological polar surface area (TPSA) is 243 Å². The van der Waals surface area contributed by atoms with Gasteiger partial charge in [-0.1, -0.05) is 143 Å². The Morgan fingerprint density at radius 2 is 0.877 bits per heavy atom. The molecule has 0 aliphatic carbocycles. The average Bonchev–Trinajstić information content (AvgIpc) is 3.95. The summed E-state index contributed by atoms with van der Waals surface area (Å²) in [5, 5.41) is 30.0. The van der Waals surface area contributed by atoms with Crippen molar-refractivity contribution in [1.82, 2.24) is 41.2 Å². The summed E-state index contributed by atoms with van der Waals surface area (Å²) in [6.45, 7) is 19.8. The molecule has 396 valence electrons. The molecule has 0 spiro atoms. The number of carbonyl (C=O) groups is 6. The molecule has 0 bridgehead atoms. The van der Waals surface area contributed by atoms with Gasteiger partial charge in [-0.25, -0.2) is 19.9 Å². The first-order chi connectivity index (χ1) is 34.3. The Morgan fingerprint density at radius 1 is 0.507 bits per heavy atom. The van der Waals surface area contributed by atoms with Gasteiger partial charge in [0.15, 0.2) is 11.6 Å². The van der Waals surface area contributed by atoms with E-state index in [1.807, 2.05) is 118 Å². The summed E-state index contributed by atoms with van der Waals surface area (Å²) in [5.74, 6) is -2.42. The van der Waals surface area contributed by atoms with Crippen LogP contribution in [0.2, 0.25) is 0 Å². The number of nitrogens with zero attached hydrogens (tertiary/aromatic N) is 4. The van der Waals surface area contributed by atoms with Gasteiger partial charge in [-0.05, 0) is 59.7 Å². The van der Waals surface area contributed by atoms with Crippen molar-refractivity contribution in [3.8, 4) is 22.8 Å². The minimum atomic E-state index is -1.01. The Labute approximate surface area is 437 Å². The quantitative estimate of drug-likeness (QED) is 0.0471. The molecule has 0 aliphatic heterocycles. The van der Waals surface area contributed by atoms with Crippen molar-refractivity contribution >= 4 is 46.9 Å². The van der Waals surface area contributed by atoms with Crippen LogP contribution in [-0.4, -0.2) is 90.9 Å². The summed E-state index contributed by atoms with van der Waals surface area (Å²) in [6, 6.07) is 25.2. The van der Waals surface area contributed by atoms with E-state index in [0.717, 1.165) is 33.4 Å². The second kappa shape index (κ2) is 39.0. The molecule has 3 aromatic heterocycles. The van der Waals surface area contributed by atoms with E-state index < -0.39 is 35.8 Å². The van der Waals surface area contributed by atoms with Crippen molar-refractivity contribution in [1.29, 1.82) is 0 Å². The highest BCUT2D eigenvalue weighted by Gasteiger charge is 2.24. The zero-order valence-corrected chi connectivity index (χ0v) is 43.3. The number of hydrogen-bond acceptors (Lipinski definition) is 11. The van der Waals surface area contributed by atoms with Gasteiger partial charge in [0.1, 0.15) is 12.1 Å². The van der Waals surface area contributed by atoms with Gasteiger partial charge in [-0.2, -0.15) is 0 Å². The molecule has 73 heavy (non-hydrogen) atoms. The number of carboxylic acids is 2. The largest absolute Gasteiger partial charge is 0.481 e. The zero-order chi connectivity index (χ0) is 53.1. The van der Waals surface area contributed by atoms with Crippen molar-refractivity contribution in [3.63, 3.8) is 0 Å². The minimum absolute atomic E-state index is 0. The number of aromatic nitrogens is 4. The highest BCUT2D eigenvalue weighted by atomic mass is 32.1. The molecule has 0 radical (unpaired) electrons. The van der Waals surface area contributed by atoms with Gasteiger partial charge < -0.3 is 31.5 Å². The van der Waals surface area contributed by atoms with Gasteiger partial charge in [-0.15, -0.1) is 11.3 Å². The fourth-order valence-corrected chi connectivity index (χ4v) is 6.48. The van der Waals surface area contributed by atoms with E-state index >= 15 is 0 Å². The number of carboxylic acid groups (broad SMARTS) is 2. The lowest BCUT2D eigenvalue weighted by Gasteiger charge is -2.19. The van der Waals surface area contributed by atoms with Crippen molar-refractivity contribution in [3.05, 3.63) is 154 Å². The maximum atomic E-state index is 12.7. The molecular formula is C56H78N8O8S. The summed E-state index contributed by atoms with van der Waals surface area (Å²) in [7, 11) is 0. The second-order valence-corrected chi connectivity index (χ2v) is 15.2. The van der Waals surface area contributed by atoms with Crippen LogP contribution in [0.5, 0.6) is 0 Å². The summed E-state index contributed by atoms with van der Waals surface area (Å²) >= 11 is 1.28. The third-order valence-electron chi connectivity index (χ3n) is 9.17. The van der Waals surface area contributed by atoms with Crippen LogP contribution in [-0.2, 0) is 32.0 Å². The Morgan fingerprint density at radius 3 is 1.22 bits per heavy atom. The standard InChI is InChI=1S/C24H24N4O4.C22H22N4O4S.4C2H6.2CH4/c1-16-14-26-22(27-15-16)18-9-7-17(8-10-18)13-20(24(32)25-12-11-21(29)30)28-23(31)19-5-3-2-4-6-19;1-14-12-24-20(25-13-14)16-6-4-15(5-7-16)11-17(21(29)23-9-8-19(27)28)26-22(30)18-3-2-10-31-18;4*1-2;;/h2-10,14-15,20H,11-13H2,1H3,(H,25,32)(H,28,31)(H,29,30);2-7,10,12-13,17H,8-9,11H2,1H3,(H,23,29)(H,26,30)(H,27,28);4*1-2H3;2*1H4. The Balaban J connectivity index is 0. The van der Waals surface area contributed by atoms with Crippen molar-refractivity contribution in [2.45, 2.75) is 122 Å². The molecule has 2 atom stereocenters. The highest BCUT2D eigenvalue weighted by Crippen LogP contribution is 2.18. The SMILES string of the molecule is C.C.CC.CC.CC.CC.Cc1cnc(-c2ccc(CC(NC(=O)c3ccccc3)C(=O)NCCC(=O)O)cc2)nc1.Cc1cnc(-c2ccc(CC(NC(=O)c3cccs3)C(=O)NCCC(=O)O)cc2)nc1. The van der Waals surface area contributed by atoms with E-state index in [9.17, 15) is 28.8 Å². The van der Waals surface area contributed by atoms with Gasteiger partial charge in [0.05, 0.1) is 17.7 Å². The predicted octanol–water partition coefficient (Wildman–Crippen LogP) is 10.2. The maximum Gasteiger partial charge on any atom is 0.305 e. The van der Waals surface area contributed by atoms with E-state index in [1.165, 1.54) is 11.3 Å². The number of aliphatic carboxylic acids is 2.